The Balaban J connectivity index is 1.64. The Morgan fingerprint density at radius 3 is 2.44 bits per heavy atom. The lowest BCUT2D eigenvalue weighted by Gasteiger charge is -2.09. The van der Waals surface area contributed by atoms with Gasteiger partial charge in [-0.1, -0.05) is 27.5 Å². The van der Waals surface area contributed by atoms with Crippen LogP contribution in [0.3, 0.4) is 0 Å². The number of hydrazine groups is 1. The average molecular weight is 422 g/mol. The first-order chi connectivity index (χ1) is 12.0. The van der Waals surface area contributed by atoms with E-state index in [9.17, 15) is 9.59 Å². The largest absolute Gasteiger partial charge is 0.271 e. The second-order valence-electron chi connectivity index (χ2n) is 4.83. The van der Waals surface area contributed by atoms with Crippen LogP contribution in [-0.4, -0.2) is 32.0 Å². The van der Waals surface area contributed by atoms with E-state index in [1.54, 1.807) is 42.5 Å². The second-order valence-corrected chi connectivity index (χ2v) is 6.16. The zero-order valence-electron chi connectivity index (χ0n) is 12.5. The molecule has 0 spiro atoms. The molecule has 10 heteroatoms. The van der Waals surface area contributed by atoms with E-state index >= 15 is 0 Å². The molecule has 1 heterocycles. The number of nitrogens with zero attached hydrogens (tertiary/aromatic N) is 4. The molecule has 2 amide bonds. The number of hydrogen-bond donors (Lipinski definition) is 2. The Bertz CT molecular complexity index is 914. The van der Waals surface area contributed by atoms with Crippen LogP contribution in [0.2, 0.25) is 5.02 Å². The molecule has 126 valence electrons. The first-order valence-electron chi connectivity index (χ1n) is 6.94. The maximum Gasteiger partial charge on any atom is 0.271 e. The maximum absolute atomic E-state index is 12.1. The van der Waals surface area contributed by atoms with Crippen LogP contribution in [0, 0.1) is 0 Å². The fourth-order valence-corrected chi connectivity index (χ4v) is 2.53. The van der Waals surface area contributed by atoms with E-state index in [0.29, 0.717) is 15.7 Å². The van der Waals surface area contributed by atoms with Crippen molar-refractivity contribution < 1.29 is 9.59 Å². The lowest BCUT2D eigenvalue weighted by Crippen LogP contribution is -2.41. The van der Waals surface area contributed by atoms with E-state index in [0.717, 1.165) is 0 Å². The van der Waals surface area contributed by atoms with Gasteiger partial charge >= 0.3 is 0 Å². The molecule has 3 rings (SSSR count). The summed E-state index contributed by atoms with van der Waals surface area (Å²) in [4.78, 5) is 24.2. The third-order valence-corrected chi connectivity index (χ3v) is 4.03. The molecule has 0 bridgehead atoms. The van der Waals surface area contributed by atoms with Crippen molar-refractivity contribution in [3.63, 3.8) is 0 Å². The van der Waals surface area contributed by atoms with E-state index in [1.807, 2.05) is 0 Å². The van der Waals surface area contributed by atoms with Crippen LogP contribution in [0.1, 0.15) is 20.7 Å². The number of amides is 2. The van der Waals surface area contributed by atoms with Gasteiger partial charge in [0.2, 0.25) is 0 Å². The molecule has 0 unspecified atom stereocenters. The van der Waals surface area contributed by atoms with E-state index in [-0.39, 0.29) is 10.6 Å². The highest BCUT2D eigenvalue weighted by molar-refractivity contribution is 9.10. The summed E-state index contributed by atoms with van der Waals surface area (Å²) in [5.41, 5.74) is 5.97. The number of carbonyl (C=O) groups is 2. The van der Waals surface area contributed by atoms with Gasteiger partial charge in [-0.2, -0.15) is 0 Å². The number of benzene rings is 2. The number of aromatic nitrogens is 4. The normalized spacial score (nSPS) is 10.3. The summed E-state index contributed by atoms with van der Waals surface area (Å²) < 4.78 is 2.16. The summed E-state index contributed by atoms with van der Waals surface area (Å²) in [6.07, 6.45) is 1.44. The average Bonchev–Trinajstić information content (AvgIpc) is 3.16. The number of carbonyl (C=O) groups excluding carboxylic acids is 2. The van der Waals surface area contributed by atoms with Crippen LogP contribution in [0.5, 0.6) is 0 Å². The van der Waals surface area contributed by atoms with Crippen molar-refractivity contribution in [1.29, 1.82) is 0 Å². The van der Waals surface area contributed by atoms with Gasteiger partial charge in [-0.05, 0) is 52.9 Å². The molecular weight excluding hydrogens is 412 g/mol. The molecule has 0 fully saturated rings. The fraction of sp³-hybridized carbons (Fsp3) is 0. The minimum atomic E-state index is -0.523. The van der Waals surface area contributed by atoms with Gasteiger partial charge in [0.25, 0.3) is 11.8 Å². The van der Waals surface area contributed by atoms with Crippen molar-refractivity contribution in [2.24, 2.45) is 0 Å². The van der Waals surface area contributed by atoms with Gasteiger partial charge in [0.1, 0.15) is 6.33 Å². The first kappa shape index (κ1) is 17.1. The number of nitrogens with one attached hydrogen (secondary N) is 2. The first-order valence-corrected chi connectivity index (χ1v) is 8.11. The van der Waals surface area contributed by atoms with Crippen molar-refractivity contribution in [1.82, 2.24) is 31.1 Å². The highest BCUT2D eigenvalue weighted by Gasteiger charge is 2.13. The Labute approximate surface area is 155 Å². The fourth-order valence-electron chi connectivity index (χ4n) is 1.97. The van der Waals surface area contributed by atoms with Crippen molar-refractivity contribution in [2.45, 2.75) is 0 Å². The smallest absolute Gasteiger partial charge is 0.267 e. The molecule has 8 nitrogen and oxygen atoms in total. The van der Waals surface area contributed by atoms with E-state index in [4.69, 9.17) is 11.6 Å². The van der Waals surface area contributed by atoms with Gasteiger partial charge in [0, 0.05) is 10.0 Å². The van der Waals surface area contributed by atoms with Gasteiger partial charge in [-0.3, -0.25) is 20.4 Å². The molecular formula is C15H10BrClN6O2. The zero-order valence-corrected chi connectivity index (χ0v) is 14.8. The van der Waals surface area contributed by atoms with Crippen LogP contribution in [0.15, 0.2) is 53.3 Å². The summed E-state index contributed by atoms with van der Waals surface area (Å²) in [6, 6.07) is 11.4. The molecule has 0 saturated heterocycles. The van der Waals surface area contributed by atoms with Crippen molar-refractivity contribution in [3.05, 3.63) is 69.4 Å². The summed E-state index contributed by atoms with van der Waals surface area (Å²) in [5, 5.41) is 11.1. The predicted molar refractivity (Wildman–Crippen MR) is 93.2 cm³/mol. The zero-order chi connectivity index (χ0) is 17.8. The van der Waals surface area contributed by atoms with E-state index in [2.05, 4.69) is 42.3 Å². The molecule has 1 aromatic heterocycles. The summed E-state index contributed by atoms with van der Waals surface area (Å²) in [6.45, 7) is 0. The van der Waals surface area contributed by atoms with Gasteiger partial charge in [-0.25, -0.2) is 4.68 Å². The third kappa shape index (κ3) is 4.01. The Hall–Kier alpha value is -2.78. The monoisotopic (exact) mass is 420 g/mol. The van der Waals surface area contributed by atoms with Crippen LogP contribution >= 0.6 is 27.5 Å². The third-order valence-electron chi connectivity index (χ3n) is 3.21. The summed E-state index contributed by atoms with van der Waals surface area (Å²) in [5.74, 6) is -0.993. The topological polar surface area (TPSA) is 102 Å². The number of tetrazole rings is 1. The molecule has 3 aromatic rings. The molecule has 0 aliphatic rings. The summed E-state index contributed by atoms with van der Waals surface area (Å²) in [7, 11) is 0. The van der Waals surface area contributed by atoms with E-state index < -0.39 is 11.8 Å². The molecule has 0 radical (unpaired) electrons. The highest BCUT2D eigenvalue weighted by Crippen LogP contribution is 2.20. The number of rotatable bonds is 3. The van der Waals surface area contributed by atoms with Crippen LogP contribution in [0.25, 0.3) is 5.69 Å². The van der Waals surface area contributed by atoms with Crippen molar-refractivity contribution >= 4 is 39.3 Å². The molecule has 0 atom stereocenters. The van der Waals surface area contributed by atoms with E-state index in [1.165, 1.54) is 11.0 Å². The van der Waals surface area contributed by atoms with Gasteiger partial charge in [0.05, 0.1) is 16.3 Å². The summed E-state index contributed by atoms with van der Waals surface area (Å²) >= 11 is 9.24. The molecule has 2 N–H and O–H groups in total. The predicted octanol–water partition coefficient (Wildman–Crippen LogP) is 2.15. The highest BCUT2D eigenvalue weighted by atomic mass is 79.9. The van der Waals surface area contributed by atoms with Crippen LogP contribution < -0.4 is 10.9 Å². The van der Waals surface area contributed by atoms with Crippen molar-refractivity contribution in [3.8, 4) is 5.69 Å². The van der Waals surface area contributed by atoms with Crippen LogP contribution in [0.4, 0.5) is 0 Å². The standard InChI is InChI=1S/C15H10BrClN6O2/c16-10-3-6-13(17)12(7-10)15(25)20-19-14(24)9-1-4-11(5-2-9)23-8-18-21-22-23/h1-8H,(H,19,24)(H,20,25). The minimum Gasteiger partial charge on any atom is -0.267 e. The Morgan fingerprint density at radius 1 is 1.04 bits per heavy atom. The molecule has 2 aromatic carbocycles. The SMILES string of the molecule is O=C(NNC(=O)c1cc(Br)ccc1Cl)c1ccc(-n2cnnn2)cc1. The minimum absolute atomic E-state index is 0.241. The van der Waals surface area contributed by atoms with Gasteiger partial charge in [0.15, 0.2) is 0 Å². The van der Waals surface area contributed by atoms with Gasteiger partial charge < -0.3 is 0 Å². The molecule has 0 aliphatic heterocycles. The van der Waals surface area contributed by atoms with Gasteiger partial charge in [-0.15, -0.1) is 5.10 Å². The number of hydrogen-bond acceptors (Lipinski definition) is 5. The second kappa shape index (κ2) is 7.41. The number of halogens is 2. The van der Waals surface area contributed by atoms with Crippen molar-refractivity contribution in [2.75, 3.05) is 0 Å². The Morgan fingerprint density at radius 2 is 1.76 bits per heavy atom. The molecule has 0 aliphatic carbocycles. The lowest BCUT2D eigenvalue weighted by atomic mass is 10.2. The lowest BCUT2D eigenvalue weighted by molar-refractivity contribution is 0.0846. The molecule has 0 saturated carbocycles. The quantitative estimate of drug-likeness (QED) is 0.631. The maximum atomic E-state index is 12.1. The molecule has 25 heavy (non-hydrogen) atoms. The van der Waals surface area contributed by atoms with Crippen LogP contribution in [-0.2, 0) is 0 Å². The Kier molecular flexibility index (Phi) is 5.05.